The van der Waals surface area contributed by atoms with Crippen molar-refractivity contribution in [1.29, 1.82) is 0 Å². The summed E-state index contributed by atoms with van der Waals surface area (Å²) in [5.74, 6) is -0.749. The highest BCUT2D eigenvalue weighted by Gasteiger charge is 2.15. The molecule has 1 aromatic heterocycles. The summed E-state index contributed by atoms with van der Waals surface area (Å²) in [6.07, 6.45) is 3.32. The second kappa shape index (κ2) is 5.74. The van der Waals surface area contributed by atoms with Gasteiger partial charge in [0.1, 0.15) is 0 Å². The van der Waals surface area contributed by atoms with Crippen molar-refractivity contribution in [1.82, 2.24) is 9.97 Å². The lowest BCUT2D eigenvalue weighted by Gasteiger charge is -2.06. The number of carboxylic acid groups (broad SMARTS) is 1. The molecule has 0 radical (unpaired) electrons. The van der Waals surface area contributed by atoms with E-state index in [1.165, 1.54) is 24.5 Å². The predicted octanol–water partition coefficient (Wildman–Crippen LogP) is 1.23. The number of aromatic nitrogens is 2. The van der Waals surface area contributed by atoms with Crippen molar-refractivity contribution in [3.8, 4) is 0 Å². The first-order chi connectivity index (χ1) is 9.47. The molecular formula is C12H13N3O4S. The maximum absolute atomic E-state index is 12.0. The minimum Gasteiger partial charge on any atom is -0.481 e. The van der Waals surface area contributed by atoms with Gasteiger partial charge in [-0.2, -0.15) is 0 Å². The average Bonchev–Trinajstić information content (AvgIpc) is 2.89. The van der Waals surface area contributed by atoms with Crippen molar-refractivity contribution >= 4 is 21.9 Å². The monoisotopic (exact) mass is 295 g/mol. The first kappa shape index (κ1) is 14.1. The molecule has 0 unspecified atom stereocenters. The van der Waals surface area contributed by atoms with Crippen LogP contribution in [0.3, 0.4) is 0 Å². The van der Waals surface area contributed by atoms with Gasteiger partial charge in [-0.1, -0.05) is 12.1 Å². The maximum Gasteiger partial charge on any atom is 0.303 e. The summed E-state index contributed by atoms with van der Waals surface area (Å²) < 4.78 is 26.3. The third kappa shape index (κ3) is 3.58. The zero-order valence-electron chi connectivity index (χ0n) is 10.4. The first-order valence-electron chi connectivity index (χ1n) is 5.80. The molecule has 0 saturated heterocycles. The topological polar surface area (TPSA) is 112 Å². The number of H-pyrrole nitrogens is 1. The van der Waals surface area contributed by atoms with Crippen molar-refractivity contribution < 1.29 is 18.3 Å². The summed E-state index contributed by atoms with van der Waals surface area (Å²) in [5, 5.41) is 8.59. The van der Waals surface area contributed by atoms with Crippen LogP contribution in [-0.4, -0.2) is 29.5 Å². The third-order valence-electron chi connectivity index (χ3n) is 2.59. The van der Waals surface area contributed by atoms with Crippen molar-refractivity contribution in [2.45, 2.75) is 17.7 Å². The van der Waals surface area contributed by atoms with Gasteiger partial charge in [-0.05, 0) is 24.1 Å². The number of hydrogen-bond donors (Lipinski definition) is 3. The highest BCUT2D eigenvalue weighted by Crippen LogP contribution is 2.14. The Kier molecular flexibility index (Phi) is 4.04. The number of sulfonamides is 1. The van der Waals surface area contributed by atoms with Gasteiger partial charge in [-0.25, -0.2) is 18.1 Å². The summed E-state index contributed by atoms with van der Waals surface area (Å²) in [6, 6.07) is 6.06. The lowest BCUT2D eigenvalue weighted by atomic mass is 10.1. The Labute approximate surface area is 115 Å². The minimum absolute atomic E-state index is 0.0107. The third-order valence-corrected chi connectivity index (χ3v) is 3.95. The van der Waals surface area contributed by atoms with E-state index in [1.54, 1.807) is 12.1 Å². The molecule has 0 amide bonds. The summed E-state index contributed by atoms with van der Waals surface area (Å²) in [5.41, 5.74) is 0.768. The molecule has 0 spiro atoms. The molecule has 1 aromatic carbocycles. The van der Waals surface area contributed by atoms with Crippen LogP contribution in [0.25, 0.3) is 0 Å². The molecule has 106 valence electrons. The number of benzene rings is 1. The standard InChI is InChI=1S/C12H13N3O4S/c16-11(17)6-3-9-1-4-10(5-2-9)20(18,19)15-12-13-7-8-14-12/h1-2,4-5,7-8H,3,6H2,(H,16,17)(H2,13,14,15). The molecule has 0 fully saturated rings. The molecule has 0 aliphatic rings. The minimum atomic E-state index is -3.69. The smallest absolute Gasteiger partial charge is 0.303 e. The van der Waals surface area contributed by atoms with Crippen LogP contribution < -0.4 is 4.72 Å². The number of aromatic amines is 1. The van der Waals surface area contributed by atoms with Crippen LogP contribution in [0.5, 0.6) is 0 Å². The van der Waals surface area contributed by atoms with Crippen LogP contribution in [0.1, 0.15) is 12.0 Å². The van der Waals surface area contributed by atoms with E-state index in [-0.39, 0.29) is 17.3 Å². The van der Waals surface area contributed by atoms with Crippen molar-refractivity contribution in [3.63, 3.8) is 0 Å². The molecular weight excluding hydrogens is 282 g/mol. The van der Waals surface area contributed by atoms with Crippen LogP contribution in [0.15, 0.2) is 41.6 Å². The molecule has 20 heavy (non-hydrogen) atoms. The number of anilines is 1. The van der Waals surface area contributed by atoms with Gasteiger partial charge in [0.05, 0.1) is 4.90 Å². The fraction of sp³-hybridized carbons (Fsp3) is 0.167. The molecule has 0 aliphatic carbocycles. The number of aliphatic carboxylic acids is 1. The molecule has 7 nitrogen and oxygen atoms in total. The van der Waals surface area contributed by atoms with Crippen molar-refractivity contribution in [2.75, 3.05) is 4.72 Å². The first-order valence-corrected chi connectivity index (χ1v) is 7.28. The summed E-state index contributed by atoms with van der Waals surface area (Å²) in [7, 11) is -3.69. The number of hydrogen-bond acceptors (Lipinski definition) is 4. The van der Waals surface area contributed by atoms with E-state index >= 15 is 0 Å². The van der Waals surface area contributed by atoms with Gasteiger partial charge >= 0.3 is 5.97 Å². The number of rotatable bonds is 6. The summed E-state index contributed by atoms with van der Waals surface area (Å²) in [4.78, 5) is 17.0. The van der Waals surface area contributed by atoms with E-state index in [2.05, 4.69) is 14.7 Å². The molecule has 2 rings (SSSR count). The Morgan fingerprint density at radius 1 is 1.30 bits per heavy atom. The lowest BCUT2D eigenvalue weighted by Crippen LogP contribution is -2.13. The van der Waals surface area contributed by atoms with Gasteiger partial charge in [0, 0.05) is 18.8 Å². The van der Waals surface area contributed by atoms with E-state index in [4.69, 9.17) is 5.11 Å². The van der Waals surface area contributed by atoms with Gasteiger partial charge in [0.15, 0.2) is 0 Å². The van der Waals surface area contributed by atoms with E-state index in [0.717, 1.165) is 5.56 Å². The average molecular weight is 295 g/mol. The zero-order valence-corrected chi connectivity index (χ0v) is 11.2. The molecule has 0 atom stereocenters. The number of carbonyl (C=O) groups is 1. The van der Waals surface area contributed by atoms with Crippen LogP contribution in [0.4, 0.5) is 5.95 Å². The van der Waals surface area contributed by atoms with Gasteiger partial charge in [-0.15, -0.1) is 0 Å². The largest absolute Gasteiger partial charge is 0.481 e. The van der Waals surface area contributed by atoms with Crippen molar-refractivity contribution in [2.24, 2.45) is 0 Å². The molecule has 3 N–H and O–H groups in total. The van der Waals surface area contributed by atoms with E-state index in [9.17, 15) is 13.2 Å². The Hall–Kier alpha value is -2.35. The van der Waals surface area contributed by atoms with Crippen LogP contribution in [0, 0.1) is 0 Å². The van der Waals surface area contributed by atoms with Gasteiger partial charge in [-0.3, -0.25) is 4.79 Å². The lowest BCUT2D eigenvalue weighted by molar-refractivity contribution is -0.136. The normalized spacial score (nSPS) is 11.2. The van der Waals surface area contributed by atoms with E-state index < -0.39 is 16.0 Å². The molecule has 2 aromatic rings. The Morgan fingerprint density at radius 2 is 2.00 bits per heavy atom. The summed E-state index contributed by atoms with van der Waals surface area (Å²) >= 11 is 0. The molecule has 0 bridgehead atoms. The second-order valence-electron chi connectivity index (χ2n) is 4.08. The molecule has 1 heterocycles. The highest BCUT2D eigenvalue weighted by molar-refractivity contribution is 7.92. The Morgan fingerprint density at radius 3 is 2.55 bits per heavy atom. The SMILES string of the molecule is O=C(O)CCc1ccc(S(=O)(=O)Nc2ncc[nH]2)cc1. The fourth-order valence-electron chi connectivity index (χ4n) is 1.59. The van der Waals surface area contributed by atoms with Crippen LogP contribution in [-0.2, 0) is 21.2 Å². The van der Waals surface area contributed by atoms with Crippen LogP contribution in [0.2, 0.25) is 0 Å². The number of aryl methyl sites for hydroxylation is 1. The molecule has 0 aliphatic heterocycles. The van der Waals surface area contributed by atoms with E-state index in [0.29, 0.717) is 6.42 Å². The van der Waals surface area contributed by atoms with Gasteiger partial charge in [0.25, 0.3) is 10.0 Å². The molecule has 0 saturated carbocycles. The number of nitrogens with one attached hydrogen (secondary N) is 2. The number of imidazole rings is 1. The fourth-order valence-corrected chi connectivity index (χ4v) is 2.57. The van der Waals surface area contributed by atoms with E-state index in [1.807, 2.05) is 0 Å². The summed E-state index contributed by atoms with van der Waals surface area (Å²) in [6.45, 7) is 0. The highest BCUT2D eigenvalue weighted by atomic mass is 32.2. The Bertz CT molecular complexity index is 678. The molecule has 8 heteroatoms. The predicted molar refractivity (Wildman–Crippen MR) is 71.8 cm³/mol. The van der Waals surface area contributed by atoms with Gasteiger partial charge in [0.2, 0.25) is 5.95 Å². The van der Waals surface area contributed by atoms with Crippen molar-refractivity contribution in [3.05, 3.63) is 42.2 Å². The van der Waals surface area contributed by atoms with Gasteiger partial charge < -0.3 is 10.1 Å². The number of carboxylic acids is 1. The second-order valence-corrected chi connectivity index (χ2v) is 5.76. The van der Waals surface area contributed by atoms with Crippen LogP contribution >= 0.6 is 0 Å². The maximum atomic E-state index is 12.0. The zero-order chi connectivity index (χ0) is 14.6. The number of nitrogens with zero attached hydrogens (tertiary/aromatic N) is 1. The Balaban J connectivity index is 2.10. The quantitative estimate of drug-likeness (QED) is 0.742.